The van der Waals surface area contributed by atoms with Crippen LogP contribution in [-0.4, -0.2) is 44.5 Å². The SMILES string of the molecule is CC(=O)c1ccc(N2C(=O)C3CC=C4C(CC5C(=O)N(Nc6ncc(C(F)(F)F)cc6Cl)C(=O)C5(c5ccc(Cl)cc5)C4c4ccc(O)cc4Cl)C3C2=O)cc1. The van der Waals surface area contributed by atoms with Crippen LogP contribution in [0, 0.1) is 23.7 Å². The lowest BCUT2D eigenvalue weighted by atomic mass is 9.49. The summed E-state index contributed by atoms with van der Waals surface area (Å²) in [6.45, 7) is 1.40. The quantitative estimate of drug-likeness (QED) is 0.113. The zero-order valence-corrected chi connectivity index (χ0v) is 31.2. The van der Waals surface area contributed by atoms with Crippen LogP contribution in [0.15, 0.2) is 90.6 Å². The van der Waals surface area contributed by atoms with Crippen molar-refractivity contribution in [3.05, 3.63) is 128 Å². The largest absolute Gasteiger partial charge is 0.508 e. The lowest BCUT2D eigenvalue weighted by Crippen LogP contribution is -2.53. The van der Waals surface area contributed by atoms with Crippen LogP contribution in [0.5, 0.6) is 5.75 Å². The second-order valence-corrected chi connectivity index (χ2v) is 15.5. The maximum absolute atomic E-state index is 15.3. The number of benzene rings is 3. The van der Waals surface area contributed by atoms with Crippen LogP contribution in [0.25, 0.3) is 0 Å². The summed E-state index contributed by atoms with van der Waals surface area (Å²) in [7, 11) is 0. The molecule has 1 saturated carbocycles. The molecule has 1 aromatic heterocycles. The second-order valence-electron chi connectivity index (χ2n) is 14.2. The van der Waals surface area contributed by atoms with E-state index in [4.69, 9.17) is 34.8 Å². The van der Waals surface area contributed by atoms with Gasteiger partial charge in [0.2, 0.25) is 11.8 Å². The predicted octanol–water partition coefficient (Wildman–Crippen LogP) is 8.16. The average Bonchev–Trinajstić information content (AvgIpc) is 3.53. The summed E-state index contributed by atoms with van der Waals surface area (Å²) in [5, 5.41) is 10.9. The van der Waals surface area contributed by atoms with E-state index >= 15 is 4.79 Å². The summed E-state index contributed by atoms with van der Waals surface area (Å²) >= 11 is 19.4. The van der Waals surface area contributed by atoms with Crippen LogP contribution in [-0.2, 0) is 30.8 Å². The molecule has 6 atom stereocenters. The molecular formula is C40H28Cl3F3N4O6. The molecule has 4 amide bonds. The fourth-order valence-electron chi connectivity index (χ4n) is 8.98. The van der Waals surface area contributed by atoms with E-state index < -0.39 is 81.2 Å². The molecule has 3 heterocycles. The van der Waals surface area contributed by atoms with Crippen molar-refractivity contribution >= 4 is 75.7 Å². The Balaban J connectivity index is 1.30. The van der Waals surface area contributed by atoms with Crippen molar-refractivity contribution in [2.75, 3.05) is 10.3 Å². The average molecular weight is 824 g/mol. The molecule has 56 heavy (non-hydrogen) atoms. The van der Waals surface area contributed by atoms with Crippen molar-refractivity contribution in [3.63, 3.8) is 0 Å². The number of amides is 4. The molecule has 10 nitrogen and oxygen atoms in total. The first-order valence-corrected chi connectivity index (χ1v) is 18.5. The molecule has 2 aliphatic carbocycles. The van der Waals surface area contributed by atoms with Crippen molar-refractivity contribution in [2.24, 2.45) is 23.7 Å². The van der Waals surface area contributed by atoms with Crippen LogP contribution in [0.2, 0.25) is 15.1 Å². The zero-order chi connectivity index (χ0) is 40.0. The molecule has 8 rings (SSSR count). The van der Waals surface area contributed by atoms with E-state index in [0.29, 0.717) is 44.6 Å². The second kappa shape index (κ2) is 13.5. The lowest BCUT2D eigenvalue weighted by molar-refractivity contribution is -0.139. The third kappa shape index (κ3) is 5.69. The van der Waals surface area contributed by atoms with E-state index in [0.717, 1.165) is 4.90 Å². The fourth-order valence-corrected chi connectivity index (χ4v) is 9.60. The molecule has 286 valence electrons. The Hall–Kier alpha value is -5.24. The summed E-state index contributed by atoms with van der Waals surface area (Å²) in [5.41, 5.74) is 1.53. The van der Waals surface area contributed by atoms with Gasteiger partial charge in [-0.05, 0) is 91.4 Å². The highest BCUT2D eigenvalue weighted by Gasteiger charge is 2.70. The molecule has 2 saturated heterocycles. The number of aromatic nitrogens is 1. The van der Waals surface area contributed by atoms with Crippen molar-refractivity contribution in [3.8, 4) is 5.75 Å². The number of allylic oxidation sites excluding steroid dienone is 2. The highest BCUT2D eigenvalue weighted by Crippen LogP contribution is 2.65. The van der Waals surface area contributed by atoms with Gasteiger partial charge in [0.1, 0.15) is 5.75 Å². The Kier molecular flexibility index (Phi) is 9.05. The summed E-state index contributed by atoms with van der Waals surface area (Å²) < 4.78 is 40.4. The number of rotatable bonds is 6. The Labute approximate surface area is 331 Å². The Morgan fingerprint density at radius 2 is 1.59 bits per heavy atom. The van der Waals surface area contributed by atoms with Gasteiger partial charge in [-0.1, -0.05) is 64.7 Å². The van der Waals surface area contributed by atoms with Crippen LogP contribution in [0.3, 0.4) is 0 Å². The van der Waals surface area contributed by atoms with Gasteiger partial charge in [0, 0.05) is 27.7 Å². The zero-order valence-electron chi connectivity index (χ0n) is 29.0. The number of ketones is 1. The number of phenols is 1. The number of imide groups is 2. The van der Waals surface area contributed by atoms with Gasteiger partial charge >= 0.3 is 6.18 Å². The Bertz CT molecular complexity index is 2410. The number of hydrazine groups is 1. The first-order chi connectivity index (χ1) is 26.5. The molecular weight excluding hydrogens is 796 g/mol. The standard InChI is InChI=1S/C40H28Cl3F3N4O6/c1-18(51)19-2-8-23(9-3-19)49-35(53)27-13-12-25-28(32(27)37(49)55)16-29-36(54)50(48-34-31(43)14-21(17-47-34)40(44,45)46)38(56)39(29,20-4-6-22(41)7-5-20)33(25)26-11-10-24(52)15-30(26)42/h2-12,14-15,17,27-29,32-33,52H,13,16H2,1H3,(H,47,48). The summed E-state index contributed by atoms with van der Waals surface area (Å²) in [4.78, 5) is 75.5. The fraction of sp³-hybridized carbons (Fsp3) is 0.250. The predicted molar refractivity (Wildman–Crippen MR) is 199 cm³/mol. The van der Waals surface area contributed by atoms with Crippen LogP contribution in [0.1, 0.15) is 52.7 Å². The normalized spacial score (nSPS) is 25.8. The number of Topliss-reactive ketones (excluding diaryl/α,β-unsaturated/α-hetero) is 1. The number of aromatic hydroxyl groups is 1. The van der Waals surface area contributed by atoms with Crippen LogP contribution < -0.4 is 10.3 Å². The van der Waals surface area contributed by atoms with Gasteiger partial charge in [-0.2, -0.15) is 18.2 Å². The third-order valence-corrected chi connectivity index (χ3v) is 12.3. The molecule has 3 aromatic carbocycles. The van der Waals surface area contributed by atoms with Gasteiger partial charge < -0.3 is 5.11 Å². The monoisotopic (exact) mass is 822 g/mol. The van der Waals surface area contributed by atoms with E-state index in [2.05, 4.69) is 10.4 Å². The number of hydrogen-bond donors (Lipinski definition) is 2. The molecule has 16 heteroatoms. The van der Waals surface area contributed by atoms with Gasteiger partial charge in [0.05, 0.1) is 39.4 Å². The van der Waals surface area contributed by atoms with Gasteiger partial charge in [0.25, 0.3) is 11.8 Å². The maximum Gasteiger partial charge on any atom is 0.417 e. The minimum atomic E-state index is -4.77. The third-order valence-electron chi connectivity index (χ3n) is 11.4. The van der Waals surface area contributed by atoms with Gasteiger partial charge in [-0.15, -0.1) is 0 Å². The Morgan fingerprint density at radius 3 is 2.21 bits per heavy atom. The van der Waals surface area contributed by atoms with Gasteiger partial charge in [0.15, 0.2) is 11.6 Å². The van der Waals surface area contributed by atoms with Crippen LogP contribution >= 0.6 is 34.8 Å². The number of nitrogens with zero attached hydrogens (tertiary/aromatic N) is 3. The Morgan fingerprint density at radius 1 is 0.893 bits per heavy atom. The topological polar surface area (TPSA) is 137 Å². The van der Waals surface area contributed by atoms with Crippen molar-refractivity contribution in [2.45, 2.75) is 37.3 Å². The summed E-state index contributed by atoms with van der Waals surface area (Å²) in [6.07, 6.45) is -2.45. The number of hydrogen-bond acceptors (Lipinski definition) is 8. The lowest BCUT2D eigenvalue weighted by Gasteiger charge is -2.50. The number of alkyl halides is 3. The summed E-state index contributed by atoms with van der Waals surface area (Å²) in [5.74, 6) is -8.25. The molecule has 2 aliphatic heterocycles. The number of pyridine rings is 1. The van der Waals surface area contributed by atoms with Gasteiger partial charge in [-0.3, -0.25) is 34.3 Å². The molecule has 0 radical (unpaired) electrons. The minimum absolute atomic E-state index is 0.0471. The van der Waals surface area contributed by atoms with E-state index in [9.17, 15) is 37.5 Å². The van der Waals surface area contributed by atoms with E-state index in [-0.39, 0.29) is 35.1 Å². The molecule has 0 bridgehead atoms. The smallest absolute Gasteiger partial charge is 0.417 e. The summed E-state index contributed by atoms with van der Waals surface area (Å²) in [6, 6.07) is 17.2. The number of anilines is 2. The highest BCUT2D eigenvalue weighted by molar-refractivity contribution is 6.33. The number of nitrogens with one attached hydrogen (secondary N) is 1. The molecule has 4 aromatic rings. The first kappa shape index (κ1) is 37.7. The molecule has 0 spiro atoms. The number of fused-ring (bicyclic) bond motifs is 4. The van der Waals surface area contributed by atoms with Crippen molar-refractivity contribution in [1.82, 2.24) is 9.99 Å². The molecule has 2 N–H and O–H groups in total. The number of carbonyl (C=O) groups excluding carboxylic acids is 5. The van der Waals surface area contributed by atoms with Crippen molar-refractivity contribution in [1.29, 1.82) is 0 Å². The minimum Gasteiger partial charge on any atom is -0.508 e. The van der Waals surface area contributed by atoms with E-state index in [1.54, 1.807) is 24.3 Å². The molecule has 4 aliphatic rings. The molecule has 6 unspecified atom stereocenters. The van der Waals surface area contributed by atoms with Crippen molar-refractivity contribution < 1.29 is 42.3 Å². The van der Waals surface area contributed by atoms with E-state index in [1.165, 1.54) is 49.4 Å². The van der Waals surface area contributed by atoms with Gasteiger partial charge in [-0.25, -0.2) is 4.98 Å². The maximum atomic E-state index is 15.3. The first-order valence-electron chi connectivity index (χ1n) is 17.3. The van der Waals surface area contributed by atoms with E-state index in [1.807, 2.05) is 6.08 Å². The highest BCUT2D eigenvalue weighted by atomic mass is 35.5. The number of carbonyl (C=O) groups is 5. The number of halogens is 6. The number of phenolic OH excluding ortho intramolecular Hbond substituents is 1. The molecule has 3 fully saturated rings. The van der Waals surface area contributed by atoms with Crippen LogP contribution in [0.4, 0.5) is 24.7 Å².